The summed E-state index contributed by atoms with van der Waals surface area (Å²) in [6.07, 6.45) is 0. The maximum absolute atomic E-state index is 8.27. The summed E-state index contributed by atoms with van der Waals surface area (Å²) in [4.78, 5) is 0. The summed E-state index contributed by atoms with van der Waals surface area (Å²) < 4.78 is 0. The first kappa shape index (κ1) is 8.03. The molecule has 0 unspecified atom stereocenters. The molecule has 2 nitrogen and oxygen atoms in total. The standard InChI is InChI=1S/C4H5Cl2NO/c5-3(1-7)4(6)2-8/h3-4,8H,2H2/t3-,4-/m0/s1. The highest BCUT2D eigenvalue weighted by molar-refractivity contribution is 6.31. The van der Waals surface area contributed by atoms with E-state index < -0.39 is 10.8 Å². The Balaban J connectivity index is 3.49. The van der Waals surface area contributed by atoms with Crippen molar-refractivity contribution in [2.75, 3.05) is 6.61 Å². The van der Waals surface area contributed by atoms with Crippen molar-refractivity contribution in [1.29, 1.82) is 5.26 Å². The number of nitriles is 1. The van der Waals surface area contributed by atoms with E-state index >= 15 is 0 Å². The summed E-state index contributed by atoms with van der Waals surface area (Å²) in [5.74, 6) is 0. The number of halogens is 2. The van der Waals surface area contributed by atoms with E-state index in [-0.39, 0.29) is 6.61 Å². The van der Waals surface area contributed by atoms with E-state index in [9.17, 15) is 0 Å². The molecule has 4 heteroatoms. The van der Waals surface area contributed by atoms with Gasteiger partial charge in [0.2, 0.25) is 0 Å². The van der Waals surface area contributed by atoms with Gasteiger partial charge in [0, 0.05) is 0 Å². The number of hydrogen-bond acceptors (Lipinski definition) is 2. The molecule has 2 atom stereocenters. The minimum Gasteiger partial charge on any atom is -0.395 e. The molecule has 0 heterocycles. The van der Waals surface area contributed by atoms with Crippen LogP contribution in [0.2, 0.25) is 0 Å². The predicted molar refractivity (Wildman–Crippen MR) is 32.0 cm³/mol. The van der Waals surface area contributed by atoms with Crippen LogP contribution in [0, 0.1) is 11.3 Å². The number of aliphatic hydroxyl groups excluding tert-OH is 1. The quantitative estimate of drug-likeness (QED) is 0.595. The Kier molecular flexibility index (Phi) is 3.98. The van der Waals surface area contributed by atoms with E-state index in [1.807, 2.05) is 0 Å². The van der Waals surface area contributed by atoms with Crippen molar-refractivity contribution in [3.8, 4) is 6.07 Å². The van der Waals surface area contributed by atoms with Gasteiger partial charge in [-0.2, -0.15) is 5.26 Å². The number of hydrogen-bond donors (Lipinski definition) is 1. The molecule has 0 aromatic heterocycles. The van der Waals surface area contributed by atoms with Crippen molar-refractivity contribution in [2.24, 2.45) is 0 Å². The van der Waals surface area contributed by atoms with Crippen molar-refractivity contribution in [1.82, 2.24) is 0 Å². The van der Waals surface area contributed by atoms with E-state index in [1.54, 1.807) is 6.07 Å². The Morgan fingerprint density at radius 1 is 1.62 bits per heavy atom. The second-order valence-corrected chi connectivity index (χ2v) is 2.26. The molecule has 0 saturated carbocycles. The summed E-state index contributed by atoms with van der Waals surface area (Å²) >= 11 is 10.6. The highest BCUT2D eigenvalue weighted by Gasteiger charge is 2.13. The largest absolute Gasteiger partial charge is 0.395 e. The zero-order valence-electron chi connectivity index (χ0n) is 4.01. The number of rotatable bonds is 2. The molecule has 8 heavy (non-hydrogen) atoms. The first-order valence-corrected chi connectivity index (χ1v) is 2.88. The average molecular weight is 154 g/mol. The molecule has 1 N–H and O–H groups in total. The Morgan fingerprint density at radius 2 is 2.12 bits per heavy atom. The van der Waals surface area contributed by atoms with Gasteiger partial charge in [0.25, 0.3) is 0 Å². The van der Waals surface area contributed by atoms with Gasteiger partial charge in [-0.15, -0.1) is 23.2 Å². The topological polar surface area (TPSA) is 44.0 Å². The summed E-state index contributed by atoms with van der Waals surface area (Å²) in [6.45, 7) is -0.261. The lowest BCUT2D eigenvalue weighted by Gasteiger charge is -2.02. The van der Waals surface area contributed by atoms with Crippen molar-refractivity contribution < 1.29 is 5.11 Å². The van der Waals surface area contributed by atoms with Crippen LogP contribution in [0.4, 0.5) is 0 Å². The molecular formula is C4H5Cl2NO. The fourth-order valence-corrected chi connectivity index (χ4v) is 0.309. The molecule has 0 amide bonds. The van der Waals surface area contributed by atoms with E-state index in [1.165, 1.54) is 0 Å². The molecule has 0 aromatic carbocycles. The predicted octanol–water partition coefficient (Wildman–Crippen LogP) is 0.717. The van der Waals surface area contributed by atoms with Crippen molar-refractivity contribution in [3.05, 3.63) is 0 Å². The van der Waals surface area contributed by atoms with Crippen LogP contribution in [-0.2, 0) is 0 Å². The molecule has 46 valence electrons. The maximum atomic E-state index is 8.27. The van der Waals surface area contributed by atoms with Crippen molar-refractivity contribution in [2.45, 2.75) is 10.8 Å². The van der Waals surface area contributed by atoms with E-state index in [4.69, 9.17) is 33.6 Å². The minimum atomic E-state index is -0.790. The lowest BCUT2D eigenvalue weighted by molar-refractivity contribution is 0.294. The van der Waals surface area contributed by atoms with Gasteiger partial charge in [-0.25, -0.2) is 0 Å². The molecule has 0 radical (unpaired) electrons. The lowest BCUT2D eigenvalue weighted by atomic mass is 10.3. The molecule has 0 saturated heterocycles. The average Bonchev–Trinajstić information content (AvgIpc) is 1.84. The second-order valence-electron chi connectivity index (χ2n) is 1.23. The van der Waals surface area contributed by atoms with Gasteiger partial charge >= 0.3 is 0 Å². The SMILES string of the molecule is N#C[C@H](Cl)[C@@H](Cl)CO. The molecule has 0 fully saturated rings. The summed E-state index contributed by atoms with van der Waals surface area (Å²) in [6, 6.07) is 1.69. The number of nitrogens with zero attached hydrogens (tertiary/aromatic N) is 1. The van der Waals surface area contributed by atoms with Crippen LogP contribution in [0.3, 0.4) is 0 Å². The smallest absolute Gasteiger partial charge is 0.139 e. The fourth-order valence-electron chi connectivity index (χ4n) is 0.173. The maximum Gasteiger partial charge on any atom is 0.139 e. The molecule has 0 aliphatic heterocycles. The Morgan fingerprint density at radius 3 is 2.25 bits per heavy atom. The molecular weight excluding hydrogens is 149 g/mol. The van der Waals surface area contributed by atoms with Crippen LogP contribution in [0.5, 0.6) is 0 Å². The van der Waals surface area contributed by atoms with Crippen LogP contribution in [0.25, 0.3) is 0 Å². The van der Waals surface area contributed by atoms with Crippen molar-refractivity contribution >= 4 is 23.2 Å². The van der Waals surface area contributed by atoms with Gasteiger partial charge in [-0.1, -0.05) is 0 Å². The zero-order chi connectivity index (χ0) is 6.57. The first-order chi connectivity index (χ1) is 3.72. The lowest BCUT2D eigenvalue weighted by Crippen LogP contribution is -2.16. The zero-order valence-corrected chi connectivity index (χ0v) is 5.52. The van der Waals surface area contributed by atoms with E-state index in [0.717, 1.165) is 0 Å². The van der Waals surface area contributed by atoms with E-state index in [0.29, 0.717) is 0 Å². The van der Waals surface area contributed by atoms with Crippen LogP contribution in [0.1, 0.15) is 0 Å². The minimum absolute atomic E-state index is 0.261. The number of alkyl halides is 2. The number of aliphatic hydroxyl groups is 1. The van der Waals surface area contributed by atoms with Gasteiger partial charge in [-0.05, 0) is 0 Å². The Labute approximate surface area is 57.6 Å². The summed E-state index contributed by atoms with van der Waals surface area (Å²) in [5, 5.41) is 14.9. The highest BCUT2D eigenvalue weighted by Crippen LogP contribution is 2.06. The molecule has 0 spiro atoms. The summed E-state index contributed by atoms with van der Waals surface area (Å²) in [5.41, 5.74) is 0. The highest BCUT2D eigenvalue weighted by atomic mass is 35.5. The third-order valence-electron chi connectivity index (χ3n) is 0.615. The molecule has 0 aliphatic rings. The van der Waals surface area contributed by atoms with Gasteiger partial charge in [0.05, 0.1) is 18.1 Å². The molecule has 0 aromatic rings. The fraction of sp³-hybridized carbons (Fsp3) is 0.750. The molecule has 0 bridgehead atoms. The third-order valence-corrected chi connectivity index (χ3v) is 1.54. The second kappa shape index (κ2) is 3.96. The monoisotopic (exact) mass is 153 g/mol. The normalized spacial score (nSPS) is 16.8. The first-order valence-electron chi connectivity index (χ1n) is 2.01. The molecule has 0 aliphatic carbocycles. The van der Waals surface area contributed by atoms with Crippen LogP contribution < -0.4 is 0 Å². The van der Waals surface area contributed by atoms with Crippen LogP contribution >= 0.6 is 23.2 Å². The van der Waals surface area contributed by atoms with Crippen LogP contribution in [-0.4, -0.2) is 22.5 Å². The van der Waals surface area contributed by atoms with Crippen LogP contribution in [0.15, 0.2) is 0 Å². The Bertz CT molecular complexity index is 101. The van der Waals surface area contributed by atoms with Gasteiger partial charge < -0.3 is 5.11 Å². The van der Waals surface area contributed by atoms with Gasteiger partial charge in [0.15, 0.2) is 0 Å². The summed E-state index contributed by atoms with van der Waals surface area (Å²) in [7, 11) is 0. The third kappa shape index (κ3) is 2.37. The van der Waals surface area contributed by atoms with Gasteiger partial charge in [0.1, 0.15) is 5.38 Å². The van der Waals surface area contributed by atoms with E-state index in [2.05, 4.69) is 0 Å². The molecule has 0 rings (SSSR count). The van der Waals surface area contributed by atoms with Crippen molar-refractivity contribution in [3.63, 3.8) is 0 Å². The van der Waals surface area contributed by atoms with Gasteiger partial charge in [-0.3, -0.25) is 0 Å². The Hall–Kier alpha value is 0.0300.